The Hall–Kier alpha value is -1.81. The second-order valence-electron chi connectivity index (χ2n) is 6.12. The smallest absolute Gasteiger partial charge is 0.391 e. The molecule has 2 unspecified atom stereocenters. The molecule has 2 aliphatic heterocycles. The quantitative estimate of drug-likeness (QED) is 0.877. The molecule has 0 radical (unpaired) electrons. The molecule has 0 aliphatic carbocycles. The number of alkyl halides is 3. The van der Waals surface area contributed by atoms with E-state index in [0.717, 1.165) is 5.56 Å². The topological polar surface area (TPSA) is 77.0 Å². The molecule has 2 heterocycles. The number of ether oxygens (including phenoxy) is 1. The van der Waals surface area contributed by atoms with Crippen molar-refractivity contribution >= 4 is 21.4 Å². The minimum Gasteiger partial charge on any atom is -0.391 e. The van der Waals surface area contributed by atoms with Crippen LogP contribution < -0.4 is 4.72 Å². The van der Waals surface area contributed by atoms with Crippen molar-refractivity contribution in [3.63, 3.8) is 0 Å². The number of fused-ring (bicyclic) bond motifs is 1. The highest BCUT2D eigenvalue weighted by molar-refractivity contribution is 7.93. The lowest BCUT2D eigenvalue weighted by molar-refractivity contribution is -0.0429. The first-order valence-electron chi connectivity index (χ1n) is 7.62. The molecular formula is C15H17F3N2O4S. The fourth-order valence-corrected chi connectivity index (χ4v) is 3.61. The van der Waals surface area contributed by atoms with E-state index < -0.39 is 15.5 Å². The summed E-state index contributed by atoms with van der Waals surface area (Å²) in [4.78, 5) is 5.39. The Kier molecular flexibility index (Phi) is 4.44. The van der Waals surface area contributed by atoms with Crippen LogP contribution in [0.4, 0.5) is 18.9 Å². The van der Waals surface area contributed by atoms with Gasteiger partial charge >= 0.3 is 15.5 Å². The van der Waals surface area contributed by atoms with Crippen LogP contribution >= 0.6 is 0 Å². The minimum atomic E-state index is -5.50. The first kappa shape index (κ1) is 18.0. The Morgan fingerprint density at radius 3 is 2.64 bits per heavy atom. The number of sulfonamides is 1. The molecule has 1 saturated heterocycles. The van der Waals surface area contributed by atoms with E-state index in [1.54, 1.807) is 17.7 Å². The number of halogens is 3. The zero-order valence-electron chi connectivity index (χ0n) is 13.6. The van der Waals surface area contributed by atoms with Gasteiger partial charge in [-0.3, -0.25) is 4.72 Å². The van der Waals surface area contributed by atoms with Gasteiger partial charge in [-0.1, -0.05) is 11.2 Å². The van der Waals surface area contributed by atoms with E-state index in [-0.39, 0.29) is 17.7 Å². The van der Waals surface area contributed by atoms with Gasteiger partial charge in [0, 0.05) is 12.0 Å². The molecule has 25 heavy (non-hydrogen) atoms. The summed E-state index contributed by atoms with van der Waals surface area (Å²) >= 11 is 0. The standard InChI is InChI=1S/C15H17F3N2O4S/c1-8-5-9(2)12(20-25(21,22)15(16,17)18)6-10(8)14-11-7-23-4-3-13(11)24-19-14/h5-6,11,13,20H,3-4,7H2,1-2H3. The van der Waals surface area contributed by atoms with Crippen molar-refractivity contribution in [3.8, 4) is 0 Å². The van der Waals surface area contributed by atoms with Crippen molar-refractivity contribution in [2.45, 2.75) is 31.9 Å². The molecule has 2 aliphatic rings. The molecule has 138 valence electrons. The summed E-state index contributed by atoms with van der Waals surface area (Å²) in [5, 5.41) is 4.06. The molecule has 1 aromatic carbocycles. The van der Waals surface area contributed by atoms with E-state index in [0.29, 0.717) is 36.5 Å². The maximum absolute atomic E-state index is 12.6. The van der Waals surface area contributed by atoms with Gasteiger partial charge in [0.15, 0.2) is 0 Å². The molecule has 0 saturated carbocycles. The second-order valence-corrected chi connectivity index (χ2v) is 7.80. The number of rotatable bonds is 3. The average molecular weight is 378 g/mol. The largest absolute Gasteiger partial charge is 0.516 e. The summed E-state index contributed by atoms with van der Waals surface area (Å²) in [6, 6.07) is 2.98. The Balaban J connectivity index is 1.97. The Morgan fingerprint density at radius 2 is 1.96 bits per heavy atom. The molecule has 0 spiro atoms. The molecule has 2 atom stereocenters. The Labute approximate surface area is 143 Å². The van der Waals surface area contributed by atoms with Gasteiger partial charge in [-0.25, -0.2) is 0 Å². The van der Waals surface area contributed by atoms with Crippen LogP contribution in [-0.2, 0) is 19.6 Å². The Bertz CT molecular complexity index is 821. The van der Waals surface area contributed by atoms with E-state index in [4.69, 9.17) is 9.57 Å². The van der Waals surface area contributed by atoms with Crippen LogP contribution in [0.15, 0.2) is 17.3 Å². The summed E-state index contributed by atoms with van der Waals surface area (Å²) in [7, 11) is -5.50. The third kappa shape index (κ3) is 3.32. The number of oxime groups is 1. The van der Waals surface area contributed by atoms with Gasteiger partial charge in [0.25, 0.3) is 0 Å². The van der Waals surface area contributed by atoms with Crippen molar-refractivity contribution < 1.29 is 31.2 Å². The number of nitrogens with zero attached hydrogens (tertiary/aromatic N) is 1. The lowest BCUT2D eigenvalue weighted by Crippen LogP contribution is -2.34. The first-order valence-corrected chi connectivity index (χ1v) is 9.10. The lowest BCUT2D eigenvalue weighted by atomic mass is 9.87. The number of benzene rings is 1. The van der Waals surface area contributed by atoms with E-state index in [1.165, 1.54) is 13.0 Å². The van der Waals surface area contributed by atoms with Gasteiger partial charge in [-0.15, -0.1) is 0 Å². The molecule has 6 nitrogen and oxygen atoms in total. The van der Waals surface area contributed by atoms with Gasteiger partial charge in [-0.05, 0) is 31.0 Å². The molecule has 0 amide bonds. The van der Waals surface area contributed by atoms with Crippen LogP contribution in [0.5, 0.6) is 0 Å². The highest BCUT2D eigenvalue weighted by atomic mass is 32.2. The number of nitrogens with one attached hydrogen (secondary N) is 1. The SMILES string of the molecule is Cc1cc(C)c(C2=NOC3CCOCC23)cc1NS(=O)(=O)C(F)(F)F. The van der Waals surface area contributed by atoms with Crippen LogP contribution in [0, 0.1) is 19.8 Å². The predicted molar refractivity (Wildman–Crippen MR) is 84.8 cm³/mol. The fourth-order valence-electron chi connectivity index (χ4n) is 2.98. The molecular weight excluding hydrogens is 361 g/mol. The van der Waals surface area contributed by atoms with Crippen LogP contribution in [0.3, 0.4) is 0 Å². The summed E-state index contributed by atoms with van der Waals surface area (Å²) in [5.41, 5.74) is -3.27. The van der Waals surface area contributed by atoms with Crippen molar-refractivity contribution in [1.29, 1.82) is 0 Å². The minimum absolute atomic E-state index is 0.123. The van der Waals surface area contributed by atoms with Crippen LogP contribution in [-0.4, -0.2) is 39.0 Å². The molecule has 3 rings (SSSR count). The van der Waals surface area contributed by atoms with Crippen molar-refractivity contribution in [2.75, 3.05) is 17.9 Å². The highest BCUT2D eigenvalue weighted by Gasteiger charge is 2.46. The molecule has 10 heteroatoms. The summed E-state index contributed by atoms with van der Waals surface area (Å²) in [6.07, 6.45) is 0.552. The molecule has 1 fully saturated rings. The van der Waals surface area contributed by atoms with Crippen LogP contribution in [0.25, 0.3) is 0 Å². The number of anilines is 1. The van der Waals surface area contributed by atoms with Gasteiger partial charge in [0.1, 0.15) is 6.10 Å². The number of hydrogen-bond acceptors (Lipinski definition) is 5. The third-order valence-corrected chi connectivity index (χ3v) is 5.42. The summed E-state index contributed by atoms with van der Waals surface area (Å²) < 4.78 is 67.8. The summed E-state index contributed by atoms with van der Waals surface area (Å²) in [6.45, 7) is 4.28. The zero-order chi connectivity index (χ0) is 18.4. The van der Waals surface area contributed by atoms with Gasteiger partial charge in [0.2, 0.25) is 0 Å². The lowest BCUT2D eigenvalue weighted by Gasteiger charge is -2.24. The van der Waals surface area contributed by atoms with E-state index >= 15 is 0 Å². The monoisotopic (exact) mass is 378 g/mol. The fraction of sp³-hybridized carbons (Fsp3) is 0.533. The highest BCUT2D eigenvalue weighted by Crippen LogP contribution is 2.33. The molecule has 0 aromatic heterocycles. The van der Waals surface area contributed by atoms with Crippen LogP contribution in [0.2, 0.25) is 0 Å². The molecule has 0 bridgehead atoms. The normalized spacial score (nSPS) is 23.6. The van der Waals surface area contributed by atoms with Gasteiger partial charge in [-0.2, -0.15) is 21.6 Å². The van der Waals surface area contributed by atoms with Crippen molar-refractivity contribution in [2.24, 2.45) is 11.1 Å². The van der Waals surface area contributed by atoms with E-state index in [9.17, 15) is 21.6 Å². The number of aryl methyl sites for hydroxylation is 2. The van der Waals surface area contributed by atoms with Crippen molar-refractivity contribution in [1.82, 2.24) is 0 Å². The predicted octanol–water partition coefficient (Wildman–Crippen LogP) is 2.70. The Morgan fingerprint density at radius 1 is 1.24 bits per heavy atom. The molecule has 1 aromatic rings. The number of hydrogen-bond donors (Lipinski definition) is 1. The second kappa shape index (κ2) is 6.17. The van der Waals surface area contributed by atoms with Crippen LogP contribution in [0.1, 0.15) is 23.1 Å². The van der Waals surface area contributed by atoms with Gasteiger partial charge < -0.3 is 9.57 Å². The summed E-state index contributed by atoms with van der Waals surface area (Å²) in [5.74, 6) is -0.123. The zero-order valence-corrected chi connectivity index (χ0v) is 14.4. The molecule has 1 N–H and O–H groups in total. The first-order chi connectivity index (χ1) is 11.6. The van der Waals surface area contributed by atoms with Crippen molar-refractivity contribution in [3.05, 3.63) is 28.8 Å². The maximum Gasteiger partial charge on any atom is 0.516 e. The van der Waals surface area contributed by atoms with Gasteiger partial charge in [0.05, 0.1) is 30.5 Å². The maximum atomic E-state index is 12.6. The average Bonchev–Trinajstić information content (AvgIpc) is 2.92. The van der Waals surface area contributed by atoms with E-state index in [1.807, 2.05) is 0 Å². The third-order valence-electron chi connectivity index (χ3n) is 4.33. The van der Waals surface area contributed by atoms with E-state index in [2.05, 4.69) is 5.16 Å².